The SMILES string of the molecule is CCOCCN(CCOCC)C(=O)c1ccc(Cl)o1. The summed E-state index contributed by atoms with van der Waals surface area (Å²) in [6.45, 7) is 7.05. The van der Waals surface area contributed by atoms with E-state index in [1.807, 2.05) is 13.8 Å². The minimum atomic E-state index is -0.202. The van der Waals surface area contributed by atoms with Crippen molar-refractivity contribution in [2.24, 2.45) is 0 Å². The van der Waals surface area contributed by atoms with Crippen molar-refractivity contribution in [2.45, 2.75) is 13.8 Å². The molecule has 108 valence electrons. The summed E-state index contributed by atoms with van der Waals surface area (Å²) in [5.41, 5.74) is 0. The second-order valence-corrected chi connectivity index (χ2v) is 4.16. The maximum atomic E-state index is 12.2. The van der Waals surface area contributed by atoms with Crippen molar-refractivity contribution in [3.05, 3.63) is 23.1 Å². The van der Waals surface area contributed by atoms with E-state index in [2.05, 4.69) is 0 Å². The van der Waals surface area contributed by atoms with Crippen LogP contribution in [0.15, 0.2) is 16.5 Å². The number of hydrogen-bond donors (Lipinski definition) is 0. The largest absolute Gasteiger partial charge is 0.440 e. The van der Waals surface area contributed by atoms with Crippen molar-refractivity contribution < 1.29 is 18.7 Å². The Bertz CT molecular complexity index is 370. The molecule has 0 unspecified atom stereocenters. The van der Waals surface area contributed by atoms with Gasteiger partial charge in [-0.25, -0.2) is 0 Å². The summed E-state index contributed by atoms with van der Waals surface area (Å²) in [6, 6.07) is 3.12. The highest BCUT2D eigenvalue weighted by molar-refractivity contribution is 6.29. The van der Waals surface area contributed by atoms with E-state index in [4.69, 9.17) is 25.5 Å². The number of rotatable bonds is 9. The molecule has 0 atom stereocenters. The van der Waals surface area contributed by atoms with Gasteiger partial charge in [-0.2, -0.15) is 0 Å². The number of ether oxygens (including phenoxy) is 2. The van der Waals surface area contributed by atoms with Crippen molar-refractivity contribution in [1.82, 2.24) is 4.90 Å². The molecule has 0 aromatic carbocycles. The van der Waals surface area contributed by atoms with Crippen molar-refractivity contribution in [3.63, 3.8) is 0 Å². The second-order valence-electron chi connectivity index (χ2n) is 3.79. The minimum Gasteiger partial charge on any atom is -0.440 e. The fraction of sp³-hybridized carbons (Fsp3) is 0.615. The molecular weight excluding hydrogens is 270 g/mol. The topological polar surface area (TPSA) is 51.9 Å². The molecule has 0 aliphatic carbocycles. The first-order chi connectivity index (χ1) is 9.19. The summed E-state index contributed by atoms with van der Waals surface area (Å²) in [4.78, 5) is 13.8. The van der Waals surface area contributed by atoms with E-state index in [-0.39, 0.29) is 16.9 Å². The van der Waals surface area contributed by atoms with E-state index in [0.29, 0.717) is 39.5 Å². The van der Waals surface area contributed by atoms with Gasteiger partial charge in [0.05, 0.1) is 13.2 Å². The molecule has 0 fully saturated rings. The highest BCUT2D eigenvalue weighted by Crippen LogP contribution is 2.15. The van der Waals surface area contributed by atoms with Crippen molar-refractivity contribution in [2.75, 3.05) is 39.5 Å². The van der Waals surface area contributed by atoms with E-state index >= 15 is 0 Å². The smallest absolute Gasteiger partial charge is 0.289 e. The molecule has 0 radical (unpaired) electrons. The predicted molar refractivity (Wildman–Crippen MR) is 72.6 cm³/mol. The molecule has 0 aliphatic rings. The summed E-state index contributed by atoms with van der Waals surface area (Å²) in [7, 11) is 0. The standard InChI is InChI=1S/C13H20ClNO4/c1-3-17-9-7-15(8-10-18-4-2)13(16)11-5-6-12(14)19-11/h5-6H,3-4,7-10H2,1-2H3. The number of hydrogen-bond acceptors (Lipinski definition) is 4. The van der Waals surface area contributed by atoms with E-state index in [1.54, 1.807) is 17.0 Å². The van der Waals surface area contributed by atoms with Gasteiger partial charge in [0.15, 0.2) is 11.0 Å². The van der Waals surface area contributed by atoms with Crippen LogP contribution in [0.2, 0.25) is 5.22 Å². The van der Waals surface area contributed by atoms with Crippen LogP contribution in [0.1, 0.15) is 24.4 Å². The van der Waals surface area contributed by atoms with Crippen molar-refractivity contribution in [3.8, 4) is 0 Å². The minimum absolute atomic E-state index is 0.202. The van der Waals surface area contributed by atoms with Gasteiger partial charge in [-0.15, -0.1) is 0 Å². The summed E-state index contributed by atoms with van der Waals surface area (Å²) in [5.74, 6) is 0.0318. The van der Waals surface area contributed by atoms with Crippen LogP contribution >= 0.6 is 11.6 Å². The highest BCUT2D eigenvalue weighted by atomic mass is 35.5. The molecule has 1 heterocycles. The average Bonchev–Trinajstić information content (AvgIpc) is 2.83. The normalized spacial score (nSPS) is 10.7. The van der Waals surface area contributed by atoms with E-state index in [1.165, 1.54) is 0 Å². The van der Waals surface area contributed by atoms with Gasteiger partial charge in [0.25, 0.3) is 5.91 Å². The maximum absolute atomic E-state index is 12.2. The number of halogens is 1. The van der Waals surface area contributed by atoms with E-state index < -0.39 is 0 Å². The molecule has 1 aromatic rings. The van der Waals surface area contributed by atoms with Gasteiger partial charge in [-0.3, -0.25) is 4.79 Å². The molecule has 0 saturated carbocycles. The Labute approximate surface area is 118 Å². The van der Waals surface area contributed by atoms with Crippen LogP contribution < -0.4 is 0 Å². The Hall–Kier alpha value is -1.04. The third-order valence-electron chi connectivity index (χ3n) is 2.49. The molecule has 6 heteroatoms. The quantitative estimate of drug-likeness (QED) is 0.655. The van der Waals surface area contributed by atoms with Crippen LogP contribution in [-0.2, 0) is 9.47 Å². The lowest BCUT2D eigenvalue weighted by Crippen LogP contribution is -2.36. The van der Waals surface area contributed by atoms with Crippen LogP contribution in [0.5, 0.6) is 0 Å². The maximum Gasteiger partial charge on any atom is 0.289 e. The van der Waals surface area contributed by atoms with Gasteiger partial charge in [0, 0.05) is 26.3 Å². The molecule has 1 rings (SSSR count). The second kappa shape index (κ2) is 8.96. The van der Waals surface area contributed by atoms with Crippen LogP contribution in [0.4, 0.5) is 0 Å². The lowest BCUT2D eigenvalue weighted by molar-refractivity contribution is 0.0524. The summed E-state index contributed by atoms with van der Waals surface area (Å²) in [5, 5.41) is 0.206. The first kappa shape index (κ1) is 16.0. The zero-order chi connectivity index (χ0) is 14.1. The molecule has 1 aromatic heterocycles. The molecule has 19 heavy (non-hydrogen) atoms. The van der Waals surface area contributed by atoms with Crippen LogP contribution in [0, 0.1) is 0 Å². The first-order valence-corrected chi connectivity index (χ1v) is 6.76. The molecule has 1 amide bonds. The zero-order valence-electron chi connectivity index (χ0n) is 11.4. The summed E-state index contributed by atoms with van der Waals surface area (Å²) in [6.07, 6.45) is 0. The predicted octanol–water partition coefficient (Wildman–Crippen LogP) is 2.45. The fourth-order valence-electron chi connectivity index (χ4n) is 1.54. The van der Waals surface area contributed by atoms with Crippen LogP contribution in [0.3, 0.4) is 0 Å². The van der Waals surface area contributed by atoms with Crippen LogP contribution in [0.25, 0.3) is 0 Å². The molecule has 0 N–H and O–H groups in total. The molecule has 0 aliphatic heterocycles. The lowest BCUT2D eigenvalue weighted by Gasteiger charge is -2.21. The summed E-state index contributed by atoms with van der Waals surface area (Å²) >= 11 is 5.68. The lowest BCUT2D eigenvalue weighted by atomic mass is 10.3. The van der Waals surface area contributed by atoms with Crippen molar-refractivity contribution in [1.29, 1.82) is 0 Å². The monoisotopic (exact) mass is 289 g/mol. The third kappa shape index (κ3) is 5.63. The average molecular weight is 290 g/mol. The van der Waals surface area contributed by atoms with Gasteiger partial charge in [0.1, 0.15) is 0 Å². The van der Waals surface area contributed by atoms with Gasteiger partial charge >= 0.3 is 0 Å². The number of amides is 1. The van der Waals surface area contributed by atoms with E-state index in [9.17, 15) is 4.79 Å². The fourth-order valence-corrected chi connectivity index (χ4v) is 1.68. The number of carbonyl (C=O) groups is 1. The van der Waals surface area contributed by atoms with E-state index in [0.717, 1.165) is 0 Å². The number of nitrogens with zero attached hydrogens (tertiary/aromatic N) is 1. The van der Waals surface area contributed by atoms with Crippen molar-refractivity contribution >= 4 is 17.5 Å². The Morgan fingerprint density at radius 3 is 2.21 bits per heavy atom. The third-order valence-corrected chi connectivity index (χ3v) is 2.69. The molecular formula is C13H20ClNO4. The Kier molecular flexibility index (Phi) is 7.55. The molecule has 0 spiro atoms. The molecule has 0 saturated heterocycles. The van der Waals surface area contributed by atoms with Gasteiger partial charge < -0.3 is 18.8 Å². The number of carbonyl (C=O) groups excluding carboxylic acids is 1. The van der Waals surface area contributed by atoms with Gasteiger partial charge in [-0.1, -0.05) is 0 Å². The van der Waals surface area contributed by atoms with Gasteiger partial charge in [-0.05, 0) is 37.6 Å². The molecule has 0 bridgehead atoms. The van der Waals surface area contributed by atoms with Gasteiger partial charge in [0.2, 0.25) is 0 Å². The Morgan fingerprint density at radius 1 is 1.21 bits per heavy atom. The van der Waals surface area contributed by atoms with Crippen LogP contribution in [-0.4, -0.2) is 50.3 Å². The first-order valence-electron chi connectivity index (χ1n) is 6.39. The molecule has 5 nitrogen and oxygen atoms in total. The zero-order valence-corrected chi connectivity index (χ0v) is 12.1. The Morgan fingerprint density at radius 2 is 1.79 bits per heavy atom. The highest BCUT2D eigenvalue weighted by Gasteiger charge is 2.18. The summed E-state index contributed by atoms with van der Waals surface area (Å²) < 4.78 is 15.7. The number of furan rings is 1. The Balaban J connectivity index is 2.57.